The zero-order valence-corrected chi connectivity index (χ0v) is 10.5. The summed E-state index contributed by atoms with van der Waals surface area (Å²) in [5.74, 6) is -2.74. The molecular weight excluding hydrogens is 256 g/mol. The Kier molecular flexibility index (Phi) is 8.47. The monoisotopic (exact) mass is 276 g/mol. The Bertz CT molecular complexity index is 314. The van der Waals surface area contributed by atoms with E-state index in [0.717, 1.165) is 19.4 Å². The summed E-state index contributed by atoms with van der Waals surface area (Å²) in [7, 11) is 0. The predicted octanol–water partition coefficient (Wildman–Crippen LogP) is -0.524. The molecule has 1 aliphatic heterocycles. The summed E-state index contributed by atoms with van der Waals surface area (Å²) < 4.78 is 0. The van der Waals surface area contributed by atoms with E-state index in [9.17, 15) is 14.4 Å². The van der Waals surface area contributed by atoms with E-state index < -0.39 is 23.9 Å². The molecule has 1 saturated heterocycles. The molecule has 19 heavy (non-hydrogen) atoms. The molecule has 0 aliphatic carbocycles. The van der Waals surface area contributed by atoms with Gasteiger partial charge in [0.25, 0.3) is 0 Å². The lowest BCUT2D eigenvalue weighted by Crippen LogP contribution is -2.29. The Morgan fingerprint density at radius 3 is 2.21 bits per heavy atom. The van der Waals surface area contributed by atoms with Crippen molar-refractivity contribution < 1.29 is 29.7 Å². The number of rotatable bonds is 6. The van der Waals surface area contributed by atoms with Crippen LogP contribution in [0.2, 0.25) is 0 Å². The molecule has 1 heterocycles. The first-order chi connectivity index (χ1) is 8.84. The number of aliphatic carboxylic acids is 3. The van der Waals surface area contributed by atoms with E-state index in [0.29, 0.717) is 6.42 Å². The van der Waals surface area contributed by atoms with Crippen molar-refractivity contribution in [2.45, 2.75) is 44.2 Å². The summed E-state index contributed by atoms with van der Waals surface area (Å²) in [4.78, 5) is 30.2. The van der Waals surface area contributed by atoms with Gasteiger partial charge in [-0.3, -0.25) is 14.4 Å². The number of carboxylic acid groups (broad SMARTS) is 3. The van der Waals surface area contributed by atoms with Gasteiger partial charge < -0.3 is 26.4 Å². The average Bonchev–Trinajstić information content (AvgIpc) is 2.82. The van der Waals surface area contributed by atoms with Gasteiger partial charge in [-0.15, -0.1) is 0 Å². The fourth-order valence-corrected chi connectivity index (χ4v) is 1.49. The van der Waals surface area contributed by atoms with E-state index in [4.69, 9.17) is 21.1 Å². The molecule has 0 amide bonds. The Morgan fingerprint density at radius 1 is 1.26 bits per heavy atom. The molecule has 8 heteroatoms. The Hall–Kier alpha value is -1.67. The van der Waals surface area contributed by atoms with Crippen LogP contribution >= 0.6 is 0 Å². The molecule has 1 aliphatic rings. The second-order valence-corrected chi connectivity index (χ2v) is 4.22. The minimum atomic E-state index is -1.09. The topological polar surface area (TPSA) is 150 Å². The fourth-order valence-electron chi connectivity index (χ4n) is 1.49. The summed E-state index contributed by atoms with van der Waals surface area (Å²) in [6.07, 6.45) is 2.28. The average molecular weight is 276 g/mol. The molecule has 110 valence electrons. The predicted molar refractivity (Wildman–Crippen MR) is 65.8 cm³/mol. The molecule has 0 aromatic heterocycles. The van der Waals surface area contributed by atoms with Gasteiger partial charge in [0.05, 0.1) is 0 Å². The fraction of sp³-hybridized carbons (Fsp3) is 0.727. The number of nitrogens with two attached hydrogens (primary N) is 1. The van der Waals surface area contributed by atoms with Gasteiger partial charge in [0, 0.05) is 6.42 Å². The maximum absolute atomic E-state index is 10.1. The van der Waals surface area contributed by atoms with Gasteiger partial charge in [-0.25, -0.2) is 0 Å². The lowest BCUT2D eigenvalue weighted by molar-refractivity contribution is -0.140. The maximum atomic E-state index is 10.1. The van der Waals surface area contributed by atoms with Gasteiger partial charge in [-0.05, 0) is 32.2 Å². The minimum Gasteiger partial charge on any atom is -0.481 e. The maximum Gasteiger partial charge on any atom is 0.320 e. The Morgan fingerprint density at radius 2 is 1.89 bits per heavy atom. The lowest BCUT2D eigenvalue weighted by atomic mass is 10.1. The van der Waals surface area contributed by atoms with Crippen molar-refractivity contribution in [1.29, 1.82) is 0 Å². The van der Waals surface area contributed by atoms with Crippen molar-refractivity contribution in [3.8, 4) is 0 Å². The van der Waals surface area contributed by atoms with Crippen LogP contribution in [0.5, 0.6) is 0 Å². The van der Waals surface area contributed by atoms with Crippen LogP contribution in [-0.2, 0) is 14.4 Å². The third-order valence-corrected chi connectivity index (χ3v) is 2.58. The molecule has 1 fully saturated rings. The molecule has 0 radical (unpaired) electrons. The van der Waals surface area contributed by atoms with Crippen LogP contribution in [0.4, 0.5) is 0 Å². The molecule has 0 aromatic rings. The van der Waals surface area contributed by atoms with Crippen LogP contribution in [0.3, 0.4) is 0 Å². The zero-order valence-electron chi connectivity index (χ0n) is 10.5. The Labute approximate surface area is 110 Å². The Balaban J connectivity index is 0.000000356. The van der Waals surface area contributed by atoms with Crippen molar-refractivity contribution in [1.82, 2.24) is 5.32 Å². The largest absolute Gasteiger partial charge is 0.481 e. The molecule has 0 saturated carbocycles. The highest BCUT2D eigenvalue weighted by molar-refractivity contribution is 5.73. The van der Waals surface area contributed by atoms with E-state index in [-0.39, 0.29) is 18.9 Å². The molecule has 0 spiro atoms. The van der Waals surface area contributed by atoms with Crippen LogP contribution in [0.15, 0.2) is 0 Å². The molecule has 1 unspecified atom stereocenters. The second kappa shape index (κ2) is 9.29. The highest BCUT2D eigenvalue weighted by Crippen LogP contribution is 2.03. The highest BCUT2D eigenvalue weighted by atomic mass is 16.4. The number of carbonyl (C=O) groups is 3. The summed E-state index contributed by atoms with van der Waals surface area (Å²) in [6, 6.07) is -1.20. The molecule has 6 N–H and O–H groups in total. The first-order valence-corrected chi connectivity index (χ1v) is 6.01. The van der Waals surface area contributed by atoms with Crippen molar-refractivity contribution in [2.75, 3.05) is 6.54 Å². The zero-order chi connectivity index (χ0) is 14.8. The number of hydrogen-bond donors (Lipinski definition) is 5. The van der Waals surface area contributed by atoms with E-state index in [1.54, 1.807) is 0 Å². The van der Waals surface area contributed by atoms with E-state index in [2.05, 4.69) is 5.32 Å². The van der Waals surface area contributed by atoms with Crippen LogP contribution in [0, 0.1) is 0 Å². The summed E-state index contributed by atoms with van der Waals surface area (Å²) in [5.41, 5.74) is 5.11. The molecule has 0 bridgehead atoms. The van der Waals surface area contributed by atoms with Crippen molar-refractivity contribution in [2.24, 2.45) is 5.73 Å². The minimum absolute atomic E-state index is 0.0268. The molecular formula is C11H20N2O6. The molecule has 2 atom stereocenters. The SMILES string of the molecule is NC(CCCC(=O)O)C(=O)O.O=C(O)[C@@H]1CCCN1. The number of carboxylic acids is 3. The van der Waals surface area contributed by atoms with E-state index >= 15 is 0 Å². The summed E-state index contributed by atoms with van der Waals surface area (Å²) in [5, 5.41) is 27.7. The van der Waals surface area contributed by atoms with Crippen molar-refractivity contribution >= 4 is 17.9 Å². The van der Waals surface area contributed by atoms with Crippen LogP contribution < -0.4 is 11.1 Å². The molecule has 1 rings (SSSR count). The normalized spacial score (nSPS) is 19.1. The van der Waals surface area contributed by atoms with Gasteiger partial charge in [0.2, 0.25) is 0 Å². The van der Waals surface area contributed by atoms with Gasteiger partial charge in [0.15, 0.2) is 0 Å². The van der Waals surface area contributed by atoms with Gasteiger partial charge >= 0.3 is 17.9 Å². The van der Waals surface area contributed by atoms with Crippen LogP contribution in [-0.4, -0.2) is 51.9 Å². The van der Waals surface area contributed by atoms with E-state index in [1.807, 2.05) is 0 Å². The quantitative estimate of drug-likeness (QED) is 0.434. The third-order valence-electron chi connectivity index (χ3n) is 2.58. The number of nitrogens with one attached hydrogen (secondary N) is 1. The van der Waals surface area contributed by atoms with Crippen LogP contribution in [0.25, 0.3) is 0 Å². The molecule has 8 nitrogen and oxygen atoms in total. The smallest absolute Gasteiger partial charge is 0.320 e. The van der Waals surface area contributed by atoms with Crippen LogP contribution in [0.1, 0.15) is 32.1 Å². The summed E-state index contributed by atoms with van der Waals surface area (Å²) in [6.45, 7) is 0.858. The van der Waals surface area contributed by atoms with Gasteiger partial charge in [0.1, 0.15) is 12.1 Å². The van der Waals surface area contributed by atoms with Gasteiger partial charge in [-0.2, -0.15) is 0 Å². The first kappa shape index (κ1) is 17.3. The number of hydrogen-bond acceptors (Lipinski definition) is 5. The second-order valence-electron chi connectivity index (χ2n) is 4.22. The standard InChI is InChI=1S/C6H11NO4.C5H9NO2/c7-4(6(10)11)2-1-3-5(8)9;7-5(8)4-2-1-3-6-4/h4H,1-3,7H2,(H,8,9)(H,10,11);4,6H,1-3H2,(H,7,8)/t;4-/m.0/s1. The molecule has 0 aromatic carbocycles. The lowest BCUT2D eigenvalue weighted by Gasteiger charge is -2.02. The van der Waals surface area contributed by atoms with Crippen molar-refractivity contribution in [3.05, 3.63) is 0 Å². The summed E-state index contributed by atoms with van der Waals surface area (Å²) >= 11 is 0. The third kappa shape index (κ3) is 8.97. The van der Waals surface area contributed by atoms with Gasteiger partial charge in [-0.1, -0.05) is 0 Å². The highest BCUT2D eigenvalue weighted by Gasteiger charge is 2.20. The van der Waals surface area contributed by atoms with Crippen molar-refractivity contribution in [3.63, 3.8) is 0 Å². The first-order valence-electron chi connectivity index (χ1n) is 6.01. The van der Waals surface area contributed by atoms with E-state index in [1.165, 1.54) is 0 Å².